The molecule has 0 fully saturated rings. The Kier molecular flexibility index (Phi) is 3.05. The highest BCUT2D eigenvalue weighted by Crippen LogP contribution is 2.25. The highest BCUT2D eigenvalue weighted by molar-refractivity contribution is 7.18. The Labute approximate surface area is 100 Å². The molecule has 0 aromatic carbocycles. The Morgan fingerprint density at radius 3 is 2.67 bits per heavy atom. The lowest BCUT2D eigenvalue weighted by atomic mass is 10.2. The van der Waals surface area contributed by atoms with E-state index in [9.17, 15) is 4.79 Å². The number of hydrogen-bond donors (Lipinski definition) is 0. The van der Waals surface area contributed by atoms with Crippen molar-refractivity contribution < 1.29 is 4.79 Å². The van der Waals surface area contributed by atoms with Crippen molar-refractivity contribution in [3.8, 4) is 0 Å². The van der Waals surface area contributed by atoms with E-state index >= 15 is 0 Å². The summed E-state index contributed by atoms with van der Waals surface area (Å²) in [5, 5.41) is 0.354. The van der Waals surface area contributed by atoms with E-state index in [2.05, 4.69) is 4.98 Å². The number of aromatic nitrogens is 1. The van der Waals surface area contributed by atoms with E-state index in [0.29, 0.717) is 14.2 Å². The molecule has 2 nitrogen and oxygen atoms in total. The van der Waals surface area contributed by atoms with Gasteiger partial charge in [-0.3, -0.25) is 9.78 Å². The van der Waals surface area contributed by atoms with Crippen LogP contribution in [0.3, 0.4) is 0 Å². The van der Waals surface area contributed by atoms with Crippen molar-refractivity contribution >= 4 is 40.3 Å². The molecule has 2 rings (SSSR count). The number of hydrogen-bond acceptors (Lipinski definition) is 3. The van der Waals surface area contributed by atoms with Crippen LogP contribution in [0.2, 0.25) is 9.36 Å². The molecule has 2 heterocycles. The summed E-state index contributed by atoms with van der Waals surface area (Å²) in [5.74, 6) is -0.197. The van der Waals surface area contributed by atoms with Crippen LogP contribution in [0.1, 0.15) is 15.4 Å². The number of ketones is 1. The van der Waals surface area contributed by atoms with Gasteiger partial charge in [-0.15, -0.1) is 11.3 Å². The monoisotopic (exact) mass is 257 g/mol. The van der Waals surface area contributed by atoms with Gasteiger partial charge in [0.15, 0.2) is 0 Å². The Hall–Kier alpha value is -0.900. The molecule has 0 N–H and O–H groups in total. The van der Waals surface area contributed by atoms with E-state index in [1.807, 2.05) is 0 Å². The molecule has 0 amide bonds. The van der Waals surface area contributed by atoms with Gasteiger partial charge in [-0.25, -0.2) is 0 Å². The minimum Gasteiger partial charge on any atom is -0.286 e. The fraction of sp³-hybridized carbons (Fsp3) is 0. The first-order valence-electron chi connectivity index (χ1n) is 4.09. The van der Waals surface area contributed by atoms with E-state index in [-0.39, 0.29) is 11.5 Å². The predicted molar refractivity (Wildman–Crippen MR) is 62.0 cm³/mol. The van der Waals surface area contributed by atoms with E-state index in [1.165, 1.54) is 17.5 Å². The highest BCUT2D eigenvalue weighted by Gasteiger charge is 2.15. The lowest BCUT2D eigenvalue weighted by Crippen LogP contribution is -2.02. The first kappa shape index (κ1) is 10.6. The quantitative estimate of drug-likeness (QED) is 0.769. The molecule has 0 bridgehead atoms. The van der Waals surface area contributed by atoms with Gasteiger partial charge in [0.2, 0.25) is 5.78 Å². The van der Waals surface area contributed by atoms with Gasteiger partial charge in [0.1, 0.15) is 5.69 Å². The summed E-state index contributed by atoms with van der Waals surface area (Å²) in [6.45, 7) is 0. The lowest BCUT2D eigenvalue weighted by Gasteiger charge is -1.98. The third-order valence-corrected chi connectivity index (χ3v) is 3.31. The smallest absolute Gasteiger partial charge is 0.222 e. The van der Waals surface area contributed by atoms with Crippen LogP contribution in [0, 0.1) is 0 Å². The summed E-state index contributed by atoms with van der Waals surface area (Å²) in [6, 6.07) is 6.66. The molecule has 0 spiro atoms. The maximum Gasteiger partial charge on any atom is 0.222 e. The van der Waals surface area contributed by atoms with Crippen LogP contribution in [-0.2, 0) is 0 Å². The van der Waals surface area contributed by atoms with Gasteiger partial charge in [-0.2, -0.15) is 0 Å². The minimum absolute atomic E-state index is 0.197. The summed E-state index contributed by atoms with van der Waals surface area (Å²) < 4.78 is 0.574. The van der Waals surface area contributed by atoms with Crippen LogP contribution in [-0.4, -0.2) is 10.8 Å². The average Bonchev–Trinajstić information content (AvgIpc) is 2.65. The molecule has 5 heteroatoms. The van der Waals surface area contributed by atoms with E-state index < -0.39 is 0 Å². The molecule has 2 aromatic heterocycles. The topological polar surface area (TPSA) is 30.0 Å². The first-order valence-corrected chi connectivity index (χ1v) is 5.66. The van der Waals surface area contributed by atoms with Gasteiger partial charge in [0.25, 0.3) is 0 Å². The third kappa shape index (κ3) is 2.20. The number of carbonyl (C=O) groups excluding carboxylic acids is 1. The standard InChI is InChI=1S/C10H5Cl2NOS/c11-6-2-1-5-13-9(6)10(14)7-3-4-8(12)15-7/h1-5H. The summed E-state index contributed by atoms with van der Waals surface area (Å²) >= 11 is 12.8. The van der Waals surface area contributed by atoms with Crippen LogP contribution in [0.5, 0.6) is 0 Å². The van der Waals surface area contributed by atoms with E-state index in [1.54, 1.807) is 24.3 Å². The maximum absolute atomic E-state index is 11.9. The van der Waals surface area contributed by atoms with Gasteiger partial charge >= 0.3 is 0 Å². The van der Waals surface area contributed by atoms with Gasteiger partial charge in [0.05, 0.1) is 14.2 Å². The van der Waals surface area contributed by atoms with Crippen molar-refractivity contribution in [2.75, 3.05) is 0 Å². The molecule has 0 unspecified atom stereocenters. The molecule has 0 aliphatic rings. The second-order valence-electron chi connectivity index (χ2n) is 2.77. The number of carbonyl (C=O) groups is 1. The number of rotatable bonds is 2. The van der Waals surface area contributed by atoms with Crippen molar-refractivity contribution in [2.24, 2.45) is 0 Å². The van der Waals surface area contributed by atoms with Gasteiger partial charge in [-0.05, 0) is 24.3 Å². The summed E-state index contributed by atoms with van der Waals surface area (Å²) in [5.41, 5.74) is 0.262. The molecule has 15 heavy (non-hydrogen) atoms. The molecule has 76 valence electrons. The number of thiophene rings is 1. The van der Waals surface area contributed by atoms with Crippen LogP contribution >= 0.6 is 34.5 Å². The van der Waals surface area contributed by atoms with Crippen molar-refractivity contribution in [2.45, 2.75) is 0 Å². The molecule has 0 radical (unpaired) electrons. The van der Waals surface area contributed by atoms with Gasteiger partial charge in [-0.1, -0.05) is 23.2 Å². The summed E-state index contributed by atoms with van der Waals surface area (Å²) in [7, 11) is 0. The molecule has 0 atom stereocenters. The average molecular weight is 258 g/mol. The summed E-state index contributed by atoms with van der Waals surface area (Å²) in [4.78, 5) is 16.4. The van der Waals surface area contributed by atoms with Crippen LogP contribution in [0.4, 0.5) is 0 Å². The normalized spacial score (nSPS) is 10.3. The molecular formula is C10H5Cl2NOS. The van der Waals surface area contributed by atoms with Crippen molar-refractivity contribution in [3.05, 3.63) is 50.4 Å². The zero-order chi connectivity index (χ0) is 10.8. The van der Waals surface area contributed by atoms with E-state index in [4.69, 9.17) is 23.2 Å². The van der Waals surface area contributed by atoms with Crippen molar-refractivity contribution in [3.63, 3.8) is 0 Å². The van der Waals surface area contributed by atoms with Gasteiger partial charge < -0.3 is 0 Å². The maximum atomic E-state index is 11.9. The Balaban J connectivity index is 2.41. The number of nitrogens with zero attached hydrogens (tertiary/aromatic N) is 1. The second-order valence-corrected chi connectivity index (χ2v) is 4.89. The lowest BCUT2D eigenvalue weighted by molar-refractivity contribution is 0.103. The Morgan fingerprint density at radius 1 is 1.27 bits per heavy atom. The number of pyridine rings is 1. The van der Waals surface area contributed by atoms with E-state index in [0.717, 1.165) is 0 Å². The zero-order valence-electron chi connectivity index (χ0n) is 7.41. The SMILES string of the molecule is O=C(c1ccc(Cl)s1)c1ncccc1Cl. The molecule has 0 aliphatic carbocycles. The van der Waals surface area contributed by atoms with Crippen molar-refractivity contribution in [1.29, 1.82) is 0 Å². The molecule has 0 saturated carbocycles. The molecule has 0 aliphatic heterocycles. The third-order valence-electron chi connectivity index (χ3n) is 1.77. The van der Waals surface area contributed by atoms with Crippen molar-refractivity contribution in [1.82, 2.24) is 4.98 Å². The van der Waals surface area contributed by atoms with Crippen LogP contribution in [0.15, 0.2) is 30.5 Å². The highest BCUT2D eigenvalue weighted by atomic mass is 35.5. The van der Waals surface area contributed by atoms with Crippen LogP contribution in [0.25, 0.3) is 0 Å². The fourth-order valence-electron chi connectivity index (χ4n) is 1.11. The fourth-order valence-corrected chi connectivity index (χ4v) is 2.30. The van der Waals surface area contributed by atoms with Gasteiger partial charge in [0, 0.05) is 6.20 Å². The second kappa shape index (κ2) is 4.31. The Morgan fingerprint density at radius 2 is 2.07 bits per heavy atom. The summed E-state index contributed by atoms with van der Waals surface area (Å²) in [6.07, 6.45) is 1.54. The predicted octanol–water partition coefficient (Wildman–Crippen LogP) is 3.68. The molecule has 2 aromatic rings. The molecule has 0 saturated heterocycles. The minimum atomic E-state index is -0.197. The first-order chi connectivity index (χ1) is 7.18. The number of halogens is 2. The van der Waals surface area contributed by atoms with Crippen LogP contribution < -0.4 is 0 Å². The Bertz CT molecular complexity index is 510. The largest absolute Gasteiger partial charge is 0.286 e. The zero-order valence-corrected chi connectivity index (χ0v) is 9.73. The molecular weight excluding hydrogens is 253 g/mol.